The average molecular weight is 373 g/mol. The summed E-state index contributed by atoms with van der Waals surface area (Å²) in [6, 6.07) is 7.92. The minimum absolute atomic E-state index is 0.0435. The Morgan fingerprint density at radius 3 is 2.96 bits per heavy atom. The van der Waals surface area contributed by atoms with Crippen molar-refractivity contribution in [1.82, 2.24) is 15.5 Å². The molecular weight excluding hydrogens is 350 g/mol. The number of para-hydroxylation sites is 1. The highest BCUT2D eigenvalue weighted by atomic mass is 32.2. The summed E-state index contributed by atoms with van der Waals surface area (Å²) >= 11 is 1.27. The van der Waals surface area contributed by atoms with Crippen LogP contribution in [0.2, 0.25) is 0 Å². The minimum Gasteiger partial charge on any atom is -0.493 e. The molecule has 138 valence electrons. The lowest BCUT2D eigenvalue weighted by Gasteiger charge is -2.22. The Labute approximate surface area is 157 Å². The summed E-state index contributed by atoms with van der Waals surface area (Å²) in [6.07, 6.45) is 5.01. The number of nitrogens with one attached hydrogen (secondary N) is 1. The second-order valence-electron chi connectivity index (χ2n) is 6.94. The van der Waals surface area contributed by atoms with E-state index >= 15 is 0 Å². The van der Waals surface area contributed by atoms with E-state index in [1.54, 1.807) is 0 Å². The molecule has 0 spiro atoms. The van der Waals surface area contributed by atoms with Crippen molar-refractivity contribution in [3.63, 3.8) is 0 Å². The largest absolute Gasteiger partial charge is 0.493 e. The van der Waals surface area contributed by atoms with Gasteiger partial charge >= 0.3 is 0 Å². The number of aromatic nitrogens is 2. The van der Waals surface area contributed by atoms with Crippen molar-refractivity contribution in [3.05, 3.63) is 24.3 Å². The van der Waals surface area contributed by atoms with Gasteiger partial charge in [0.1, 0.15) is 5.75 Å². The number of carbonyl (C=O) groups is 1. The van der Waals surface area contributed by atoms with E-state index in [1.165, 1.54) is 31.0 Å². The van der Waals surface area contributed by atoms with Crippen molar-refractivity contribution in [2.45, 2.75) is 43.9 Å². The molecule has 0 aliphatic heterocycles. The van der Waals surface area contributed by atoms with Gasteiger partial charge in [-0.3, -0.25) is 4.79 Å². The third-order valence-corrected chi connectivity index (χ3v) is 6.05. The normalized spacial score (nSPS) is 24.0. The van der Waals surface area contributed by atoms with E-state index in [0.29, 0.717) is 41.2 Å². The van der Waals surface area contributed by atoms with Gasteiger partial charge in [0.25, 0.3) is 11.1 Å². The van der Waals surface area contributed by atoms with Gasteiger partial charge in [-0.1, -0.05) is 30.3 Å². The van der Waals surface area contributed by atoms with Crippen molar-refractivity contribution >= 4 is 17.7 Å². The van der Waals surface area contributed by atoms with E-state index in [1.807, 2.05) is 31.2 Å². The molecular formula is C19H23N3O3S. The van der Waals surface area contributed by atoms with Gasteiger partial charge in [-0.25, -0.2) is 0 Å². The third-order valence-electron chi connectivity index (χ3n) is 5.23. The molecule has 1 heterocycles. The van der Waals surface area contributed by atoms with E-state index in [9.17, 15) is 4.79 Å². The molecule has 7 heteroatoms. The zero-order valence-electron chi connectivity index (χ0n) is 14.8. The van der Waals surface area contributed by atoms with Crippen molar-refractivity contribution < 1.29 is 13.9 Å². The maximum Gasteiger partial charge on any atom is 0.277 e. The first-order valence-electron chi connectivity index (χ1n) is 9.20. The van der Waals surface area contributed by atoms with Crippen molar-refractivity contribution in [2.24, 2.45) is 11.8 Å². The number of rotatable bonds is 7. The quantitative estimate of drug-likeness (QED) is 0.748. The molecule has 0 unspecified atom stereocenters. The Morgan fingerprint density at radius 1 is 1.31 bits per heavy atom. The lowest BCUT2D eigenvalue weighted by Crippen LogP contribution is -2.39. The monoisotopic (exact) mass is 373 g/mol. The van der Waals surface area contributed by atoms with Crippen molar-refractivity contribution in [3.8, 4) is 17.2 Å². The van der Waals surface area contributed by atoms with Crippen LogP contribution in [0.1, 0.15) is 32.6 Å². The number of amides is 1. The standard InChI is InChI=1S/C19H23N3O3S/c1-2-24-16-6-4-3-5-14(16)18-21-22-19(25-18)26-11-17(23)20-15-10-12-7-8-13(15)9-12/h3-6,12-13,15H,2,7-11H2,1H3,(H,20,23)/t12-,13+,15-/m0/s1. The van der Waals surface area contributed by atoms with Gasteiger partial charge in [0, 0.05) is 6.04 Å². The second-order valence-corrected chi connectivity index (χ2v) is 7.87. The van der Waals surface area contributed by atoms with E-state index in [0.717, 1.165) is 17.9 Å². The van der Waals surface area contributed by atoms with Crippen LogP contribution in [0, 0.1) is 11.8 Å². The molecule has 1 aromatic carbocycles. The SMILES string of the molecule is CCOc1ccccc1-c1nnc(SCC(=O)N[C@H]2C[C@H]3CC[C@@H]2C3)o1. The highest BCUT2D eigenvalue weighted by Gasteiger charge is 2.40. The van der Waals surface area contributed by atoms with Crippen LogP contribution in [-0.2, 0) is 4.79 Å². The Kier molecular flexibility index (Phi) is 5.15. The molecule has 2 bridgehead atoms. The van der Waals surface area contributed by atoms with Gasteiger partial charge in [0.15, 0.2) is 0 Å². The molecule has 1 amide bonds. The third kappa shape index (κ3) is 3.72. The predicted octanol–water partition coefficient (Wildman–Crippen LogP) is 3.53. The molecule has 0 saturated heterocycles. The Balaban J connectivity index is 1.33. The van der Waals surface area contributed by atoms with Crippen molar-refractivity contribution in [2.75, 3.05) is 12.4 Å². The number of benzene rings is 1. The summed E-state index contributed by atoms with van der Waals surface area (Å²) in [4.78, 5) is 12.2. The first kappa shape index (κ1) is 17.4. The van der Waals surface area contributed by atoms with Crippen LogP contribution in [0.3, 0.4) is 0 Å². The van der Waals surface area contributed by atoms with Crippen LogP contribution in [0.5, 0.6) is 5.75 Å². The van der Waals surface area contributed by atoms with Gasteiger partial charge in [0.05, 0.1) is 17.9 Å². The van der Waals surface area contributed by atoms with Gasteiger partial charge in [0.2, 0.25) is 5.91 Å². The summed E-state index contributed by atoms with van der Waals surface area (Å²) in [5.41, 5.74) is 0.764. The van der Waals surface area contributed by atoms with Crippen LogP contribution >= 0.6 is 11.8 Å². The van der Waals surface area contributed by atoms with E-state index in [-0.39, 0.29) is 5.91 Å². The van der Waals surface area contributed by atoms with Crippen molar-refractivity contribution in [1.29, 1.82) is 0 Å². The second kappa shape index (κ2) is 7.70. The molecule has 2 saturated carbocycles. The molecule has 2 aliphatic rings. The molecule has 26 heavy (non-hydrogen) atoms. The first-order chi connectivity index (χ1) is 12.7. The summed E-state index contributed by atoms with van der Waals surface area (Å²) < 4.78 is 11.3. The number of fused-ring (bicyclic) bond motifs is 2. The molecule has 3 atom stereocenters. The number of hydrogen-bond donors (Lipinski definition) is 1. The highest BCUT2D eigenvalue weighted by Crippen LogP contribution is 2.44. The van der Waals surface area contributed by atoms with Crippen LogP contribution in [0.25, 0.3) is 11.5 Å². The fourth-order valence-electron chi connectivity index (χ4n) is 4.10. The van der Waals surface area contributed by atoms with Gasteiger partial charge in [-0.05, 0) is 50.2 Å². The lowest BCUT2D eigenvalue weighted by atomic mass is 9.95. The number of hydrogen-bond acceptors (Lipinski definition) is 6. The Morgan fingerprint density at radius 2 is 2.19 bits per heavy atom. The topological polar surface area (TPSA) is 77.2 Å². The Bertz CT molecular complexity index is 779. The zero-order chi connectivity index (χ0) is 17.9. The van der Waals surface area contributed by atoms with E-state index in [4.69, 9.17) is 9.15 Å². The molecule has 0 radical (unpaired) electrons. The molecule has 1 N–H and O–H groups in total. The number of carbonyl (C=O) groups excluding carboxylic acids is 1. The fourth-order valence-corrected chi connectivity index (χ4v) is 4.67. The van der Waals surface area contributed by atoms with Crippen LogP contribution < -0.4 is 10.1 Å². The molecule has 2 fully saturated rings. The van der Waals surface area contributed by atoms with Crippen LogP contribution in [0.4, 0.5) is 0 Å². The summed E-state index contributed by atoms with van der Waals surface area (Å²) in [5.74, 6) is 2.96. The number of nitrogens with zero attached hydrogens (tertiary/aromatic N) is 2. The molecule has 4 rings (SSSR count). The van der Waals surface area contributed by atoms with E-state index in [2.05, 4.69) is 15.5 Å². The fraction of sp³-hybridized carbons (Fsp3) is 0.526. The minimum atomic E-state index is 0.0435. The molecule has 1 aromatic heterocycles. The average Bonchev–Trinajstić information content (AvgIpc) is 3.38. The highest BCUT2D eigenvalue weighted by molar-refractivity contribution is 7.99. The van der Waals surface area contributed by atoms with Crippen LogP contribution in [0.15, 0.2) is 33.9 Å². The predicted molar refractivity (Wildman–Crippen MR) is 99.0 cm³/mol. The number of ether oxygens (including phenoxy) is 1. The summed E-state index contributed by atoms with van der Waals surface area (Å²) in [5, 5.41) is 11.7. The molecule has 2 aliphatic carbocycles. The molecule has 2 aromatic rings. The smallest absolute Gasteiger partial charge is 0.277 e. The van der Waals surface area contributed by atoms with E-state index < -0.39 is 0 Å². The number of thioether (sulfide) groups is 1. The van der Waals surface area contributed by atoms with Gasteiger partial charge in [-0.2, -0.15) is 0 Å². The van der Waals surface area contributed by atoms with Gasteiger partial charge < -0.3 is 14.5 Å². The van der Waals surface area contributed by atoms with Gasteiger partial charge in [-0.15, -0.1) is 10.2 Å². The van der Waals surface area contributed by atoms with Crippen LogP contribution in [-0.4, -0.2) is 34.5 Å². The first-order valence-corrected chi connectivity index (χ1v) is 10.2. The summed E-state index contributed by atoms with van der Waals surface area (Å²) in [6.45, 7) is 2.50. The lowest BCUT2D eigenvalue weighted by molar-refractivity contribution is -0.119. The maximum atomic E-state index is 12.2. The Hall–Kier alpha value is -2.02. The molecule has 6 nitrogen and oxygen atoms in total. The summed E-state index contributed by atoms with van der Waals surface area (Å²) in [7, 11) is 0. The zero-order valence-corrected chi connectivity index (χ0v) is 15.6. The maximum absolute atomic E-state index is 12.2.